The van der Waals surface area contributed by atoms with Gasteiger partial charge in [0.2, 0.25) is 0 Å². The first-order chi connectivity index (χ1) is 12.1. The molecule has 0 radical (unpaired) electrons. The molecule has 0 saturated heterocycles. The summed E-state index contributed by atoms with van der Waals surface area (Å²) in [6.45, 7) is 0. The van der Waals surface area contributed by atoms with E-state index in [2.05, 4.69) is 0 Å². The summed E-state index contributed by atoms with van der Waals surface area (Å²) in [6, 6.07) is 0. The first-order valence-corrected chi connectivity index (χ1v) is 17.7. The summed E-state index contributed by atoms with van der Waals surface area (Å²) in [6.07, 6.45) is 0. The molecular formula is Al2O21Ti7Zr2. The minimum atomic E-state index is -4.08. The van der Waals surface area contributed by atoms with E-state index in [9.17, 15) is 0 Å². The van der Waals surface area contributed by atoms with E-state index in [-0.39, 0.29) is 87.1 Å². The van der Waals surface area contributed by atoms with Gasteiger partial charge in [-0.05, 0) is 0 Å². The third-order valence-corrected chi connectivity index (χ3v) is 0. The summed E-state index contributed by atoms with van der Waals surface area (Å²) in [5.74, 6) is 0. The average molecular weight is 907 g/mol. The van der Waals surface area contributed by atoms with Crippen LogP contribution in [0.3, 0.4) is 0 Å². The van der Waals surface area contributed by atoms with Crippen LogP contribution in [0.2, 0.25) is 0 Å². The van der Waals surface area contributed by atoms with Gasteiger partial charge in [0.15, 0.2) is 0 Å². The summed E-state index contributed by atoms with van der Waals surface area (Å²) in [5.41, 5.74) is 0. The van der Waals surface area contributed by atoms with Crippen LogP contribution in [0.15, 0.2) is 0 Å². The van der Waals surface area contributed by atoms with Crippen LogP contribution in [0, 0.1) is 0 Å². The van der Waals surface area contributed by atoms with Crippen molar-refractivity contribution in [1.82, 2.24) is 0 Å². The Hall–Kier alpha value is 5.87. The number of hydrogen-bond acceptors (Lipinski definition) is 21. The Bertz CT molecular complexity index is 323. The molecule has 0 N–H and O–H groups in total. The molecule has 0 aromatic rings. The molecule has 0 spiro atoms. The van der Waals surface area contributed by atoms with Crippen LogP contribution in [0.4, 0.5) is 0 Å². The van der Waals surface area contributed by atoms with Gasteiger partial charge in [-0.15, -0.1) is 0 Å². The Morgan fingerprint density at radius 3 is 0.250 bits per heavy atom. The number of rotatable bonds is 0. The molecule has 0 aromatic carbocycles. The zero-order chi connectivity index (χ0) is 25.0. The molecular weight excluding hydrogens is 907 g/mol. The molecule has 0 amide bonds. The summed E-state index contributed by atoms with van der Waals surface area (Å²) < 4.78 is 180. The molecule has 0 saturated carbocycles. The van der Waals surface area contributed by atoms with Crippen molar-refractivity contribution in [2.75, 3.05) is 0 Å². The minimum Gasteiger partial charge on any atom is 4.00 e. The summed E-state index contributed by atoms with van der Waals surface area (Å²) in [4.78, 5) is 0. The van der Waals surface area contributed by atoms with Crippen LogP contribution in [-0.2, 0) is 206 Å². The molecule has 0 rings (SSSR count). The van der Waals surface area contributed by atoms with Gasteiger partial charge in [-0.2, -0.15) is 0 Å². The second-order valence-corrected chi connectivity index (χ2v) is 7.22. The van der Waals surface area contributed by atoms with E-state index in [0.29, 0.717) is 0 Å². The van der Waals surface area contributed by atoms with Crippen LogP contribution in [0.25, 0.3) is 0 Å². The van der Waals surface area contributed by atoms with Gasteiger partial charge in [0.05, 0.1) is 0 Å². The van der Waals surface area contributed by atoms with Crippen molar-refractivity contribution in [3.8, 4) is 0 Å². The van der Waals surface area contributed by atoms with E-state index in [1.54, 1.807) is 0 Å². The van der Waals surface area contributed by atoms with Crippen molar-refractivity contribution in [1.29, 1.82) is 0 Å². The normalized spacial score (nSPS) is 5.69. The van der Waals surface area contributed by atoms with Crippen LogP contribution in [-0.4, -0.2) is 34.7 Å². The Morgan fingerprint density at radius 1 is 0.250 bits per heavy atom. The first-order valence-electron chi connectivity index (χ1n) is 4.29. The van der Waals surface area contributed by atoms with Crippen molar-refractivity contribution in [2.45, 2.75) is 0 Å². The van der Waals surface area contributed by atoms with Crippen LogP contribution in [0.1, 0.15) is 0 Å². The maximum absolute atomic E-state index is 8.58. The van der Waals surface area contributed by atoms with Crippen molar-refractivity contribution >= 4 is 34.7 Å². The summed E-state index contributed by atoms with van der Waals surface area (Å²) in [5, 5.41) is 0. The van der Waals surface area contributed by atoms with E-state index < -0.39 is 130 Å². The average Bonchev–Trinajstić information content (AvgIpc) is 2.20. The summed E-state index contributed by atoms with van der Waals surface area (Å²) >= 11 is -28.6. The standard InChI is InChI=1S/2Al.21O.7Ti.2Zr/q2*+3;;;;;;;;14*-1;;;;;;;;2*+4. The molecule has 0 atom stereocenters. The fraction of sp³-hybridized carbons (Fsp3) is 0. The largest absolute Gasteiger partial charge is 4.00 e. The molecule has 0 aliphatic heterocycles. The first kappa shape index (κ1) is 71.3. The third-order valence-electron chi connectivity index (χ3n) is 0. The molecule has 0 aliphatic rings. The van der Waals surface area contributed by atoms with Crippen molar-refractivity contribution < 1.29 is 258 Å². The molecule has 0 bridgehead atoms. The van der Waals surface area contributed by atoms with Gasteiger partial charge in [-0.3, -0.25) is 0 Å². The van der Waals surface area contributed by atoms with Crippen molar-refractivity contribution in [3.63, 3.8) is 0 Å². The molecule has 0 aromatic heterocycles. The fourth-order valence-electron chi connectivity index (χ4n) is 0. The topological polar surface area (TPSA) is 442 Å². The van der Waals surface area contributed by atoms with E-state index in [4.69, 9.17) is 74.9 Å². The summed E-state index contributed by atoms with van der Waals surface area (Å²) in [7, 11) is 0. The maximum Gasteiger partial charge on any atom is 4.00 e. The van der Waals surface area contributed by atoms with Crippen molar-refractivity contribution in [3.05, 3.63) is 0 Å². The Labute approximate surface area is 286 Å². The smallest absolute Gasteiger partial charge is 4.00 e. The van der Waals surface area contributed by atoms with E-state index in [1.807, 2.05) is 0 Å². The monoisotopic (exact) mass is 905 g/mol. The van der Waals surface area contributed by atoms with Gasteiger partial charge in [0.1, 0.15) is 0 Å². The number of hydrogen-bond donors (Lipinski definition) is 0. The van der Waals surface area contributed by atoms with Crippen LogP contribution >= 0.6 is 0 Å². The molecule has 168 valence electrons. The van der Waals surface area contributed by atoms with Gasteiger partial charge >= 0.3 is 292 Å². The van der Waals surface area contributed by atoms with Gasteiger partial charge in [-0.1, -0.05) is 0 Å². The fourth-order valence-corrected chi connectivity index (χ4v) is 0. The Morgan fingerprint density at radius 2 is 0.250 bits per heavy atom. The SMILES string of the molecule is [Al+3].[Al+3].[O]=[Ti]([O-])[O-].[O]=[Ti]([O-])[O-].[O]=[Ti]([O-])[O-].[O]=[Ti]([O-])[O-].[O]=[Ti]([O-])[O-].[O]=[Ti]([O-])[O-].[O]=[Ti]([O-])[O-].[Zr+4].[Zr+4]. The molecule has 0 unspecified atom stereocenters. The molecule has 0 aliphatic carbocycles. The second kappa shape index (κ2) is 65.7. The van der Waals surface area contributed by atoms with Gasteiger partial charge < -0.3 is 0 Å². The third kappa shape index (κ3) is 1270. The minimum absolute atomic E-state index is 0. The predicted octanol–water partition coefficient (Wildman–Crippen LogP) is -18.3. The molecule has 0 fully saturated rings. The van der Waals surface area contributed by atoms with Crippen LogP contribution < -0.4 is 51.6 Å². The van der Waals surface area contributed by atoms with Crippen molar-refractivity contribution in [2.24, 2.45) is 0 Å². The van der Waals surface area contributed by atoms with Gasteiger partial charge in [0, 0.05) is 0 Å². The van der Waals surface area contributed by atoms with E-state index in [1.165, 1.54) is 0 Å². The Balaban J connectivity index is -0.0000000175. The molecule has 0 heterocycles. The van der Waals surface area contributed by atoms with Crippen LogP contribution in [0.5, 0.6) is 0 Å². The molecule has 32 heteroatoms. The molecule has 21 nitrogen and oxygen atoms in total. The predicted molar refractivity (Wildman–Crippen MR) is 16.3 cm³/mol. The zero-order valence-corrected chi connectivity index (χ0v) is 32.4. The second-order valence-electron chi connectivity index (χ2n) is 1.75. The van der Waals surface area contributed by atoms with Gasteiger partial charge in [0.25, 0.3) is 0 Å². The van der Waals surface area contributed by atoms with E-state index >= 15 is 0 Å². The van der Waals surface area contributed by atoms with Gasteiger partial charge in [-0.25, -0.2) is 0 Å². The maximum atomic E-state index is 8.58. The zero-order valence-electron chi connectivity index (χ0n) is 14.2. The quantitative estimate of drug-likeness (QED) is 0.204. The molecule has 32 heavy (non-hydrogen) atoms. The van der Waals surface area contributed by atoms with E-state index in [0.717, 1.165) is 0 Å². The Kier molecular flexibility index (Phi) is 146.